The smallest absolute Gasteiger partial charge is 0.00793 e. The molecule has 0 aromatic carbocycles. The van der Waals surface area contributed by atoms with Gasteiger partial charge >= 0.3 is 0 Å². The first-order chi connectivity index (χ1) is 9.79. The van der Waals surface area contributed by atoms with Gasteiger partial charge in [0, 0.05) is 19.1 Å². The first-order valence-electron chi connectivity index (χ1n) is 9.27. The molecule has 1 saturated carbocycles. The van der Waals surface area contributed by atoms with Crippen molar-refractivity contribution in [2.45, 2.75) is 83.6 Å². The van der Waals surface area contributed by atoms with Crippen molar-refractivity contribution in [2.24, 2.45) is 17.6 Å². The highest BCUT2D eigenvalue weighted by molar-refractivity contribution is 4.82. The van der Waals surface area contributed by atoms with E-state index in [1.807, 2.05) is 0 Å². The highest BCUT2D eigenvalue weighted by atomic mass is 15.1. The zero-order valence-corrected chi connectivity index (χ0v) is 13.7. The van der Waals surface area contributed by atoms with Crippen LogP contribution in [0.2, 0.25) is 0 Å². The molecule has 118 valence electrons. The number of hydrogen-bond acceptors (Lipinski definition) is 2. The van der Waals surface area contributed by atoms with Crippen molar-refractivity contribution in [2.75, 3.05) is 19.6 Å². The lowest BCUT2D eigenvalue weighted by molar-refractivity contribution is 0.124. The van der Waals surface area contributed by atoms with Crippen LogP contribution in [0.5, 0.6) is 0 Å². The molecule has 0 aromatic rings. The maximum absolute atomic E-state index is 6.32. The van der Waals surface area contributed by atoms with Crippen LogP contribution < -0.4 is 5.73 Å². The minimum Gasteiger partial charge on any atom is -0.327 e. The molecule has 2 heteroatoms. The molecule has 2 rings (SSSR count). The Hall–Kier alpha value is -0.0800. The van der Waals surface area contributed by atoms with Crippen LogP contribution in [0.3, 0.4) is 0 Å². The van der Waals surface area contributed by atoms with Gasteiger partial charge in [-0.3, -0.25) is 0 Å². The summed E-state index contributed by atoms with van der Waals surface area (Å²) in [6.45, 7) is 6.27. The molecule has 0 amide bonds. The molecule has 0 aromatic heterocycles. The fourth-order valence-electron chi connectivity index (χ4n) is 4.21. The van der Waals surface area contributed by atoms with Crippen LogP contribution in [-0.4, -0.2) is 30.6 Å². The third-order valence-corrected chi connectivity index (χ3v) is 5.53. The largest absolute Gasteiger partial charge is 0.327 e. The minimum absolute atomic E-state index is 0.480. The summed E-state index contributed by atoms with van der Waals surface area (Å²) < 4.78 is 0. The molecule has 0 radical (unpaired) electrons. The number of unbranched alkanes of at least 4 members (excludes halogenated alkanes) is 3. The summed E-state index contributed by atoms with van der Waals surface area (Å²) in [5.41, 5.74) is 6.32. The third kappa shape index (κ3) is 5.37. The van der Waals surface area contributed by atoms with E-state index in [2.05, 4.69) is 11.8 Å². The molecule has 20 heavy (non-hydrogen) atoms. The Bertz CT molecular complexity index is 254. The van der Waals surface area contributed by atoms with Gasteiger partial charge in [-0.15, -0.1) is 0 Å². The summed E-state index contributed by atoms with van der Waals surface area (Å²) in [7, 11) is 0. The molecule has 1 heterocycles. The topological polar surface area (TPSA) is 29.3 Å². The third-order valence-electron chi connectivity index (χ3n) is 5.53. The summed E-state index contributed by atoms with van der Waals surface area (Å²) in [6.07, 6.45) is 15.4. The Morgan fingerprint density at radius 3 is 2.65 bits per heavy atom. The molecule has 2 fully saturated rings. The maximum atomic E-state index is 6.32. The maximum Gasteiger partial charge on any atom is 0.00793 e. The average molecular weight is 280 g/mol. The van der Waals surface area contributed by atoms with E-state index in [-0.39, 0.29) is 0 Å². The molecule has 2 aliphatic rings. The van der Waals surface area contributed by atoms with E-state index in [0.717, 1.165) is 11.8 Å². The molecule has 0 bridgehead atoms. The van der Waals surface area contributed by atoms with Crippen LogP contribution in [0.4, 0.5) is 0 Å². The number of rotatable bonds is 7. The highest BCUT2D eigenvalue weighted by Gasteiger charge is 2.26. The van der Waals surface area contributed by atoms with Gasteiger partial charge in [-0.1, -0.05) is 45.4 Å². The zero-order chi connectivity index (χ0) is 14.2. The molecule has 1 unspecified atom stereocenters. The Morgan fingerprint density at radius 1 is 1.00 bits per heavy atom. The van der Waals surface area contributed by atoms with Crippen LogP contribution >= 0.6 is 0 Å². The number of piperidine rings is 1. The van der Waals surface area contributed by atoms with Gasteiger partial charge in [0.25, 0.3) is 0 Å². The van der Waals surface area contributed by atoms with Crippen molar-refractivity contribution >= 4 is 0 Å². The van der Waals surface area contributed by atoms with E-state index in [1.165, 1.54) is 90.3 Å². The number of nitrogens with two attached hydrogens (primary N) is 1. The van der Waals surface area contributed by atoms with Crippen molar-refractivity contribution in [3.05, 3.63) is 0 Å². The first kappa shape index (κ1) is 16.3. The lowest BCUT2D eigenvalue weighted by Crippen LogP contribution is -2.44. The van der Waals surface area contributed by atoms with Crippen molar-refractivity contribution in [1.82, 2.24) is 4.90 Å². The SMILES string of the molecule is CCCCCCC1CCCN(C[C@@H]2CCCC[C@H]2N)C1. The molecule has 3 atom stereocenters. The second-order valence-corrected chi connectivity index (χ2v) is 7.33. The van der Waals surface area contributed by atoms with Crippen molar-refractivity contribution in [1.29, 1.82) is 0 Å². The molecule has 1 aliphatic carbocycles. The molecule has 0 spiro atoms. The second-order valence-electron chi connectivity index (χ2n) is 7.33. The van der Waals surface area contributed by atoms with E-state index >= 15 is 0 Å². The van der Waals surface area contributed by atoms with Crippen molar-refractivity contribution in [3.63, 3.8) is 0 Å². The molecular formula is C18H36N2. The van der Waals surface area contributed by atoms with Gasteiger partial charge in [0.2, 0.25) is 0 Å². The Kier molecular flexibility index (Phi) is 7.37. The fourth-order valence-corrected chi connectivity index (χ4v) is 4.21. The number of likely N-dealkylation sites (tertiary alicyclic amines) is 1. The summed E-state index contributed by atoms with van der Waals surface area (Å²) >= 11 is 0. The predicted molar refractivity (Wildman–Crippen MR) is 87.9 cm³/mol. The van der Waals surface area contributed by atoms with Crippen molar-refractivity contribution in [3.8, 4) is 0 Å². The summed E-state index contributed by atoms with van der Waals surface area (Å²) in [4.78, 5) is 2.74. The lowest BCUT2D eigenvalue weighted by atomic mass is 9.84. The zero-order valence-electron chi connectivity index (χ0n) is 13.7. The summed E-state index contributed by atoms with van der Waals surface area (Å²) in [6, 6.07) is 0.480. The Morgan fingerprint density at radius 2 is 1.85 bits per heavy atom. The number of hydrogen-bond donors (Lipinski definition) is 1. The number of nitrogens with zero attached hydrogens (tertiary/aromatic N) is 1. The van der Waals surface area contributed by atoms with Gasteiger partial charge in [-0.05, 0) is 50.5 Å². The van der Waals surface area contributed by atoms with E-state index in [1.54, 1.807) is 0 Å². The van der Waals surface area contributed by atoms with Crippen LogP contribution in [0.25, 0.3) is 0 Å². The monoisotopic (exact) mass is 280 g/mol. The van der Waals surface area contributed by atoms with Crippen LogP contribution in [0, 0.1) is 11.8 Å². The van der Waals surface area contributed by atoms with E-state index in [9.17, 15) is 0 Å². The minimum atomic E-state index is 0.480. The normalized spacial score (nSPS) is 32.4. The second kappa shape index (κ2) is 9.04. The Balaban J connectivity index is 1.67. The standard InChI is InChI=1S/C18H36N2/c1-2-3-4-5-9-16-10-8-13-20(14-16)15-17-11-6-7-12-18(17)19/h16-18H,2-15,19H2,1H3/t16?,17-,18+/m0/s1. The van der Waals surface area contributed by atoms with Gasteiger partial charge < -0.3 is 10.6 Å². The molecule has 1 saturated heterocycles. The van der Waals surface area contributed by atoms with E-state index in [0.29, 0.717) is 6.04 Å². The average Bonchev–Trinajstić information content (AvgIpc) is 2.47. The van der Waals surface area contributed by atoms with Gasteiger partial charge in [-0.25, -0.2) is 0 Å². The summed E-state index contributed by atoms with van der Waals surface area (Å²) in [5.74, 6) is 1.75. The molecule has 1 aliphatic heterocycles. The van der Waals surface area contributed by atoms with Gasteiger partial charge in [0.05, 0.1) is 0 Å². The van der Waals surface area contributed by atoms with Crippen LogP contribution in [-0.2, 0) is 0 Å². The van der Waals surface area contributed by atoms with Crippen LogP contribution in [0.1, 0.15) is 77.6 Å². The van der Waals surface area contributed by atoms with E-state index < -0.39 is 0 Å². The highest BCUT2D eigenvalue weighted by Crippen LogP contribution is 2.27. The van der Waals surface area contributed by atoms with Crippen molar-refractivity contribution < 1.29 is 0 Å². The fraction of sp³-hybridized carbons (Fsp3) is 1.00. The molecular weight excluding hydrogens is 244 g/mol. The molecule has 2 N–H and O–H groups in total. The first-order valence-corrected chi connectivity index (χ1v) is 9.27. The van der Waals surface area contributed by atoms with Gasteiger partial charge in [-0.2, -0.15) is 0 Å². The predicted octanol–water partition coefficient (Wildman–Crippen LogP) is 4.19. The van der Waals surface area contributed by atoms with Gasteiger partial charge in [0.1, 0.15) is 0 Å². The molecule has 2 nitrogen and oxygen atoms in total. The Labute approximate surface area is 126 Å². The van der Waals surface area contributed by atoms with E-state index in [4.69, 9.17) is 5.73 Å². The lowest BCUT2D eigenvalue weighted by Gasteiger charge is -2.38. The quantitative estimate of drug-likeness (QED) is 0.709. The van der Waals surface area contributed by atoms with Gasteiger partial charge in [0.15, 0.2) is 0 Å². The summed E-state index contributed by atoms with van der Waals surface area (Å²) in [5, 5.41) is 0. The van der Waals surface area contributed by atoms with Crippen LogP contribution in [0.15, 0.2) is 0 Å².